The van der Waals surface area contributed by atoms with E-state index in [1.807, 2.05) is 0 Å². The van der Waals surface area contributed by atoms with Crippen LogP contribution in [-0.2, 0) is 4.79 Å². The minimum atomic E-state index is -0.789. The zero-order valence-electron chi connectivity index (χ0n) is 12.0. The molecule has 2 aromatic rings. The topological polar surface area (TPSA) is 96.0 Å². The van der Waals surface area contributed by atoms with E-state index in [4.69, 9.17) is 23.2 Å². The van der Waals surface area contributed by atoms with Gasteiger partial charge in [-0.1, -0.05) is 41.4 Å². The second-order valence-corrected chi connectivity index (χ2v) is 5.41. The highest BCUT2D eigenvalue weighted by Crippen LogP contribution is 2.28. The van der Waals surface area contributed by atoms with Crippen molar-refractivity contribution < 1.29 is 9.72 Å². The summed E-state index contributed by atoms with van der Waals surface area (Å²) in [6.07, 6.45) is 1.30. The Morgan fingerprint density at radius 2 is 1.96 bits per heavy atom. The van der Waals surface area contributed by atoms with Crippen LogP contribution in [0, 0.1) is 21.4 Å². The minimum absolute atomic E-state index is 0.0605. The van der Waals surface area contributed by atoms with Gasteiger partial charge in [-0.25, -0.2) is 0 Å². The summed E-state index contributed by atoms with van der Waals surface area (Å²) in [6, 6.07) is 12.2. The minimum Gasteiger partial charge on any atom is -0.316 e. The van der Waals surface area contributed by atoms with E-state index in [2.05, 4.69) is 5.32 Å². The van der Waals surface area contributed by atoms with Gasteiger partial charge in [0.15, 0.2) is 0 Å². The van der Waals surface area contributed by atoms with E-state index in [0.717, 1.165) is 6.07 Å². The number of benzene rings is 2. The molecule has 1 amide bonds. The van der Waals surface area contributed by atoms with Gasteiger partial charge in [-0.3, -0.25) is 14.9 Å². The molecule has 2 rings (SSSR count). The van der Waals surface area contributed by atoms with Gasteiger partial charge in [0.1, 0.15) is 17.3 Å². The number of nitro groups is 1. The molecule has 0 unspecified atom stereocenters. The largest absolute Gasteiger partial charge is 0.316 e. The third-order valence-corrected chi connectivity index (χ3v) is 3.55. The van der Waals surface area contributed by atoms with E-state index >= 15 is 0 Å². The Bertz CT molecular complexity index is 888. The van der Waals surface area contributed by atoms with Gasteiger partial charge >= 0.3 is 0 Å². The first kappa shape index (κ1) is 17.5. The van der Waals surface area contributed by atoms with Crippen LogP contribution in [0.4, 0.5) is 11.4 Å². The molecule has 0 heterocycles. The molecule has 0 saturated carbocycles. The number of rotatable bonds is 4. The molecule has 0 aliphatic carbocycles. The number of nitrogens with zero attached hydrogens (tertiary/aromatic N) is 2. The highest BCUT2D eigenvalue weighted by Gasteiger charge is 2.18. The number of carbonyl (C=O) groups is 1. The molecule has 0 fully saturated rings. The molecular weight excluding hydrogens is 353 g/mol. The Morgan fingerprint density at radius 3 is 2.58 bits per heavy atom. The average molecular weight is 362 g/mol. The number of carbonyl (C=O) groups excluding carboxylic acids is 1. The lowest BCUT2D eigenvalue weighted by molar-refractivity contribution is -0.383. The van der Waals surface area contributed by atoms with Crippen molar-refractivity contribution >= 4 is 46.6 Å². The fourth-order valence-corrected chi connectivity index (χ4v) is 2.20. The first-order valence-corrected chi connectivity index (χ1v) is 7.29. The van der Waals surface area contributed by atoms with E-state index in [9.17, 15) is 20.2 Å². The third-order valence-electron chi connectivity index (χ3n) is 2.97. The highest BCUT2D eigenvalue weighted by molar-refractivity contribution is 6.32. The molecule has 0 radical (unpaired) electrons. The molecule has 6 nitrogen and oxygen atoms in total. The summed E-state index contributed by atoms with van der Waals surface area (Å²) in [4.78, 5) is 22.6. The molecule has 0 aliphatic rings. The Balaban J connectivity index is 2.34. The quantitative estimate of drug-likeness (QED) is 0.376. The maximum atomic E-state index is 12.2. The first-order valence-electron chi connectivity index (χ1n) is 6.54. The molecule has 120 valence electrons. The van der Waals surface area contributed by atoms with E-state index < -0.39 is 10.8 Å². The molecule has 0 aromatic heterocycles. The zero-order chi connectivity index (χ0) is 17.7. The Kier molecular flexibility index (Phi) is 5.53. The van der Waals surface area contributed by atoms with Crippen LogP contribution < -0.4 is 5.32 Å². The lowest BCUT2D eigenvalue weighted by Crippen LogP contribution is -2.14. The molecule has 0 saturated heterocycles. The van der Waals surface area contributed by atoms with Crippen molar-refractivity contribution in [2.75, 3.05) is 5.32 Å². The summed E-state index contributed by atoms with van der Waals surface area (Å²) in [6.45, 7) is 0. The Labute approximate surface area is 147 Å². The van der Waals surface area contributed by atoms with Crippen LogP contribution in [0.25, 0.3) is 6.08 Å². The molecular formula is C16H9Cl2N3O3. The van der Waals surface area contributed by atoms with E-state index in [0.29, 0.717) is 10.6 Å². The Hall–Kier alpha value is -2.88. The van der Waals surface area contributed by atoms with Crippen molar-refractivity contribution in [1.82, 2.24) is 0 Å². The first-order chi connectivity index (χ1) is 11.4. The number of hydrogen-bond acceptors (Lipinski definition) is 4. The van der Waals surface area contributed by atoms with Gasteiger partial charge in [-0.15, -0.1) is 0 Å². The summed E-state index contributed by atoms with van der Waals surface area (Å²) in [5.74, 6) is -0.789. The van der Waals surface area contributed by atoms with Crippen LogP contribution in [0.3, 0.4) is 0 Å². The van der Waals surface area contributed by atoms with Gasteiger partial charge in [0, 0.05) is 16.1 Å². The second kappa shape index (κ2) is 7.59. The molecule has 8 heteroatoms. The second-order valence-electron chi connectivity index (χ2n) is 4.56. The standard InChI is InChI=1S/C16H9Cl2N3O3/c17-12-5-6-14(15(8-12)21(23)24)20-16(22)11(9-19)7-10-3-1-2-4-13(10)18/h1-8H,(H,20,22). The predicted octanol–water partition coefficient (Wildman–Crippen LogP) is 4.45. The van der Waals surface area contributed by atoms with Gasteiger partial charge in [-0.05, 0) is 29.8 Å². The predicted molar refractivity (Wildman–Crippen MR) is 91.8 cm³/mol. The third kappa shape index (κ3) is 4.10. The zero-order valence-corrected chi connectivity index (χ0v) is 13.5. The summed E-state index contributed by atoms with van der Waals surface area (Å²) < 4.78 is 0. The Morgan fingerprint density at radius 1 is 1.25 bits per heavy atom. The number of halogens is 2. The molecule has 0 atom stereocenters. The van der Waals surface area contributed by atoms with Crippen LogP contribution in [0.5, 0.6) is 0 Å². The van der Waals surface area contributed by atoms with Crippen LogP contribution in [0.2, 0.25) is 10.0 Å². The van der Waals surface area contributed by atoms with E-state index in [1.165, 1.54) is 18.2 Å². The number of anilines is 1. The van der Waals surface area contributed by atoms with E-state index in [-0.39, 0.29) is 22.0 Å². The van der Waals surface area contributed by atoms with Crippen LogP contribution in [-0.4, -0.2) is 10.8 Å². The lowest BCUT2D eigenvalue weighted by atomic mass is 10.1. The fraction of sp³-hybridized carbons (Fsp3) is 0. The summed E-state index contributed by atoms with van der Waals surface area (Å²) in [7, 11) is 0. The molecule has 24 heavy (non-hydrogen) atoms. The van der Waals surface area contributed by atoms with Crippen molar-refractivity contribution in [2.24, 2.45) is 0 Å². The number of nitrogens with one attached hydrogen (secondary N) is 1. The number of nitro benzene ring substituents is 1. The summed E-state index contributed by atoms with van der Waals surface area (Å²) in [5, 5.41) is 23.1. The number of amides is 1. The van der Waals surface area contributed by atoms with Crippen molar-refractivity contribution in [3.63, 3.8) is 0 Å². The van der Waals surface area contributed by atoms with E-state index in [1.54, 1.807) is 30.3 Å². The molecule has 0 bridgehead atoms. The van der Waals surface area contributed by atoms with Gasteiger partial charge in [-0.2, -0.15) is 5.26 Å². The molecule has 1 N–H and O–H groups in total. The van der Waals surface area contributed by atoms with Crippen LogP contribution in [0.1, 0.15) is 5.56 Å². The maximum absolute atomic E-state index is 12.2. The average Bonchev–Trinajstić information content (AvgIpc) is 2.55. The van der Waals surface area contributed by atoms with Crippen molar-refractivity contribution in [3.8, 4) is 6.07 Å². The summed E-state index contributed by atoms with van der Waals surface area (Å²) >= 11 is 11.7. The smallest absolute Gasteiger partial charge is 0.294 e. The number of nitriles is 1. The molecule has 0 spiro atoms. The highest BCUT2D eigenvalue weighted by atomic mass is 35.5. The normalized spacial score (nSPS) is 10.8. The molecule has 2 aromatic carbocycles. The maximum Gasteiger partial charge on any atom is 0.294 e. The fourth-order valence-electron chi connectivity index (χ4n) is 1.85. The van der Waals surface area contributed by atoms with Gasteiger partial charge in [0.25, 0.3) is 11.6 Å². The SMILES string of the molecule is N#CC(=Cc1ccccc1Cl)C(=O)Nc1ccc(Cl)cc1[N+](=O)[O-]. The summed E-state index contributed by atoms with van der Waals surface area (Å²) in [5.41, 5.74) is -0.190. The number of hydrogen-bond donors (Lipinski definition) is 1. The van der Waals surface area contributed by atoms with Crippen molar-refractivity contribution in [1.29, 1.82) is 5.26 Å². The van der Waals surface area contributed by atoms with Crippen LogP contribution in [0.15, 0.2) is 48.0 Å². The lowest BCUT2D eigenvalue weighted by Gasteiger charge is -2.06. The van der Waals surface area contributed by atoms with Crippen molar-refractivity contribution in [3.05, 3.63) is 73.8 Å². The van der Waals surface area contributed by atoms with Gasteiger partial charge < -0.3 is 5.32 Å². The van der Waals surface area contributed by atoms with Gasteiger partial charge in [0.05, 0.1) is 4.92 Å². The van der Waals surface area contributed by atoms with Crippen molar-refractivity contribution in [2.45, 2.75) is 0 Å². The molecule has 0 aliphatic heterocycles. The van der Waals surface area contributed by atoms with Gasteiger partial charge in [0.2, 0.25) is 0 Å². The van der Waals surface area contributed by atoms with Crippen LogP contribution >= 0.6 is 23.2 Å². The monoisotopic (exact) mass is 361 g/mol.